The summed E-state index contributed by atoms with van der Waals surface area (Å²) in [6.45, 7) is 11.5. The van der Waals surface area contributed by atoms with E-state index in [1.807, 2.05) is 4.68 Å². The Morgan fingerprint density at radius 3 is 2.69 bits per heavy atom. The van der Waals surface area contributed by atoms with Crippen LogP contribution in [0.25, 0.3) is 0 Å². The standard InChI is InChI=1S/C11H23N5/c1-5-6-12-7-11-13-14-15-16(11)8-10(4)9(2)3/h9-10,12H,5-8H2,1-4H3. The van der Waals surface area contributed by atoms with Gasteiger partial charge in [-0.2, -0.15) is 0 Å². The molecule has 0 aliphatic carbocycles. The number of rotatable bonds is 7. The summed E-state index contributed by atoms with van der Waals surface area (Å²) >= 11 is 0. The molecule has 0 bridgehead atoms. The highest BCUT2D eigenvalue weighted by molar-refractivity contribution is 4.80. The van der Waals surface area contributed by atoms with Gasteiger partial charge in [-0.3, -0.25) is 0 Å². The highest BCUT2D eigenvalue weighted by Gasteiger charge is 2.12. The Balaban J connectivity index is 2.50. The van der Waals surface area contributed by atoms with Gasteiger partial charge >= 0.3 is 0 Å². The van der Waals surface area contributed by atoms with E-state index in [1.54, 1.807) is 0 Å². The van der Waals surface area contributed by atoms with Gasteiger partial charge in [0.05, 0.1) is 6.54 Å². The molecule has 1 rings (SSSR count). The number of nitrogens with zero attached hydrogens (tertiary/aromatic N) is 4. The molecule has 1 atom stereocenters. The van der Waals surface area contributed by atoms with Crippen molar-refractivity contribution in [2.75, 3.05) is 6.54 Å². The van der Waals surface area contributed by atoms with Crippen LogP contribution in [0.15, 0.2) is 0 Å². The topological polar surface area (TPSA) is 55.6 Å². The summed E-state index contributed by atoms with van der Waals surface area (Å²) in [5.74, 6) is 2.18. The van der Waals surface area contributed by atoms with E-state index in [2.05, 4.69) is 48.5 Å². The zero-order valence-corrected chi connectivity index (χ0v) is 10.8. The van der Waals surface area contributed by atoms with Crippen molar-refractivity contribution in [2.24, 2.45) is 11.8 Å². The molecule has 1 heterocycles. The summed E-state index contributed by atoms with van der Waals surface area (Å²) in [6.07, 6.45) is 1.13. The molecule has 0 amide bonds. The molecular weight excluding hydrogens is 202 g/mol. The lowest BCUT2D eigenvalue weighted by molar-refractivity contribution is 0.338. The fourth-order valence-corrected chi connectivity index (χ4v) is 1.35. The van der Waals surface area contributed by atoms with Gasteiger partial charge < -0.3 is 5.32 Å². The van der Waals surface area contributed by atoms with Crippen LogP contribution in [0.5, 0.6) is 0 Å². The highest BCUT2D eigenvalue weighted by Crippen LogP contribution is 2.12. The molecule has 1 N–H and O–H groups in total. The molecule has 0 aliphatic heterocycles. The summed E-state index contributed by atoms with van der Waals surface area (Å²) in [5.41, 5.74) is 0. The van der Waals surface area contributed by atoms with Crippen LogP contribution < -0.4 is 5.32 Å². The van der Waals surface area contributed by atoms with Crippen LogP contribution in [0, 0.1) is 11.8 Å². The molecule has 1 aromatic heterocycles. The third-order valence-electron chi connectivity index (χ3n) is 2.91. The third-order valence-corrected chi connectivity index (χ3v) is 2.91. The first kappa shape index (κ1) is 13.1. The van der Waals surface area contributed by atoms with Crippen molar-refractivity contribution < 1.29 is 0 Å². The van der Waals surface area contributed by atoms with Crippen molar-refractivity contribution >= 4 is 0 Å². The van der Waals surface area contributed by atoms with E-state index < -0.39 is 0 Å². The van der Waals surface area contributed by atoms with E-state index in [0.29, 0.717) is 11.8 Å². The second-order valence-electron chi connectivity index (χ2n) is 4.68. The van der Waals surface area contributed by atoms with Gasteiger partial charge in [0.15, 0.2) is 5.82 Å². The van der Waals surface area contributed by atoms with E-state index in [0.717, 1.165) is 31.9 Å². The van der Waals surface area contributed by atoms with Crippen molar-refractivity contribution in [2.45, 2.75) is 47.2 Å². The fraction of sp³-hybridized carbons (Fsp3) is 0.909. The van der Waals surface area contributed by atoms with Crippen molar-refractivity contribution in [3.63, 3.8) is 0 Å². The molecule has 16 heavy (non-hydrogen) atoms. The summed E-state index contributed by atoms with van der Waals surface area (Å²) in [7, 11) is 0. The van der Waals surface area contributed by atoms with Gasteiger partial charge in [-0.15, -0.1) is 5.10 Å². The summed E-state index contributed by atoms with van der Waals surface area (Å²) < 4.78 is 1.91. The average molecular weight is 225 g/mol. The largest absolute Gasteiger partial charge is 0.310 e. The SMILES string of the molecule is CCCNCc1nnnn1CC(C)C(C)C. The molecule has 1 aromatic rings. The number of aromatic nitrogens is 4. The van der Waals surface area contributed by atoms with Crippen LogP contribution in [0.4, 0.5) is 0 Å². The maximum absolute atomic E-state index is 4.04. The van der Waals surface area contributed by atoms with Gasteiger partial charge in [0.1, 0.15) is 0 Å². The third kappa shape index (κ3) is 3.89. The lowest BCUT2D eigenvalue weighted by atomic mass is 9.98. The predicted molar refractivity (Wildman–Crippen MR) is 63.8 cm³/mol. The van der Waals surface area contributed by atoms with Crippen LogP contribution in [-0.2, 0) is 13.1 Å². The minimum absolute atomic E-state index is 0.591. The van der Waals surface area contributed by atoms with Crippen LogP contribution >= 0.6 is 0 Å². The Hall–Kier alpha value is -0.970. The molecule has 0 radical (unpaired) electrons. The van der Waals surface area contributed by atoms with Crippen LogP contribution in [0.1, 0.15) is 39.9 Å². The summed E-state index contributed by atoms with van der Waals surface area (Å²) in [5, 5.41) is 15.1. The molecule has 0 fully saturated rings. The molecule has 5 nitrogen and oxygen atoms in total. The fourth-order valence-electron chi connectivity index (χ4n) is 1.35. The Morgan fingerprint density at radius 1 is 1.31 bits per heavy atom. The monoisotopic (exact) mass is 225 g/mol. The molecule has 92 valence electrons. The Kier molecular flexibility index (Phi) is 5.38. The van der Waals surface area contributed by atoms with E-state index in [-0.39, 0.29) is 0 Å². The Labute approximate surface area is 97.6 Å². The lowest BCUT2D eigenvalue weighted by Gasteiger charge is -2.15. The minimum atomic E-state index is 0.591. The summed E-state index contributed by atoms with van der Waals surface area (Å²) in [6, 6.07) is 0. The maximum Gasteiger partial charge on any atom is 0.165 e. The zero-order chi connectivity index (χ0) is 12.0. The van der Waals surface area contributed by atoms with E-state index in [1.165, 1.54) is 0 Å². The maximum atomic E-state index is 4.04. The van der Waals surface area contributed by atoms with Crippen LogP contribution in [0.3, 0.4) is 0 Å². The molecule has 0 aromatic carbocycles. The zero-order valence-electron chi connectivity index (χ0n) is 10.8. The van der Waals surface area contributed by atoms with Crippen molar-refractivity contribution in [1.82, 2.24) is 25.5 Å². The Bertz CT molecular complexity index is 294. The molecule has 5 heteroatoms. The van der Waals surface area contributed by atoms with Crippen molar-refractivity contribution in [3.05, 3.63) is 5.82 Å². The van der Waals surface area contributed by atoms with Gasteiger partial charge in [-0.05, 0) is 35.2 Å². The first-order valence-corrected chi connectivity index (χ1v) is 6.10. The van der Waals surface area contributed by atoms with Crippen molar-refractivity contribution in [1.29, 1.82) is 0 Å². The molecular formula is C11H23N5. The smallest absolute Gasteiger partial charge is 0.165 e. The van der Waals surface area contributed by atoms with Gasteiger partial charge in [0, 0.05) is 6.54 Å². The average Bonchev–Trinajstić information content (AvgIpc) is 2.66. The van der Waals surface area contributed by atoms with Gasteiger partial charge in [0.25, 0.3) is 0 Å². The number of nitrogens with one attached hydrogen (secondary N) is 1. The van der Waals surface area contributed by atoms with Crippen LogP contribution in [0.2, 0.25) is 0 Å². The normalized spacial score (nSPS) is 13.3. The van der Waals surface area contributed by atoms with Gasteiger partial charge in [0.2, 0.25) is 0 Å². The van der Waals surface area contributed by atoms with Crippen molar-refractivity contribution in [3.8, 4) is 0 Å². The van der Waals surface area contributed by atoms with Gasteiger partial charge in [-0.25, -0.2) is 4.68 Å². The minimum Gasteiger partial charge on any atom is -0.310 e. The first-order chi connectivity index (χ1) is 7.65. The second-order valence-corrected chi connectivity index (χ2v) is 4.68. The molecule has 0 aliphatic rings. The highest BCUT2D eigenvalue weighted by atomic mass is 15.5. The second kappa shape index (κ2) is 6.58. The summed E-state index contributed by atoms with van der Waals surface area (Å²) in [4.78, 5) is 0. The van der Waals surface area contributed by atoms with E-state index in [9.17, 15) is 0 Å². The molecule has 0 spiro atoms. The quantitative estimate of drug-likeness (QED) is 0.714. The first-order valence-electron chi connectivity index (χ1n) is 6.10. The number of hydrogen-bond donors (Lipinski definition) is 1. The number of hydrogen-bond acceptors (Lipinski definition) is 4. The van der Waals surface area contributed by atoms with E-state index >= 15 is 0 Å². The number of tetrazole rings is 1. The molecule has 0 saturated heterocycles. The predicted octanol–water partition coefficient (Wildman–Crippen LogP) is 1.46. The molecule has 1 unspecified atom stereocenters. The Morgan fingerprint density at radius 2 is 2.06 bits per heavy atom. The van der Waals surface area contributed by atoms with Gasteiger partial charge in [-0.1, -0.05) is 27.7 Å². The molecule has 0 saturated carbocycles. The van der Waals surface area contributed by atoms with E-state index in [4.69, 9.17) is 0 Å². The van der Waals surface area contributed by atoms with Crippen LogP contribution in [-0.4, -0.2) is 26.8 Å². The lowest BCUT2D eigenvalue weighted by Crippen LogP contribution is -2.21.